The van der Waals surface area contributed by atoms with Crippen molar-refractivity contribution < 1.29 is 0 Å². The van der Waals surface area contributed by atoms with Crippen LogP contribution in [0.1, 0.15) is 103 Å². The topological polar surface area (TPSA) is 47.8 Å². The summed E-state index contributed by atoms with van der Waals surface area (Å²) in [5.74, 6) is 6.47. The quantitative estimate of drug-likeness (QED) is 0.197. The van der Waals surface area contributed by atoms with Gasteiger partial charge in [-0.2, -0.15) is 0 Å². The molecule has 5 nitrogen and oxygen atoms in total. The molecule has 0 saturated carbocycles. The summed E-state index contributed by atoms with van der Waals surface area (Å²) >= 11 is 0. The van der Waals surface area contributed by atoms with E-state index in [1.165, 1.54) is 109 Å². The Morgan fingerprint density at radius 3 is 2.49 bits per heavy atom. The molecule has 4 heterocycles. The molecule has 3 N–H and O–H groups in total. The zero-order chi connectivity index (χ0) is 45.6. The lowest BCUT2D eigenvalue weighted by Gasteiger charge is -2.43. The van der Waals surface area contributed by atoms with E-state index in [4.69, 9.17) is 5.73 Å². The van der Waals surface area contributed by atoms with Crippen LogP contribution >= 0.6 is 0 Å². The maximum absolute atomic E-state index is 5.75. The van der Waals surface area contributed by atoms with Crippen LogP contribution in [0.25, 0.3) is 0 Å². The molecule has 0 aromatic rings. The maximum atomic E-state index is 5.75. The molecule has 10 aliphatic carbocycles. The van der Waals surface area contributed by atoms with E-state index < -0.39 is 0 Å². The van der Waals surface area contributed by atoms with Gasteiger partial charge in [0.25, 0.3) is 0 Å². The second-order valence-corrected chi connectivity index (χ2v) is 23.3. The van der Waals surface area contributed by atoms with Crippen molar-refractivity contribution in [2.45, 2.75) is 133 Å². The van der Waals surface area contributed by atoms with Gasteiger partial charge in [-0.25, -0.2) is 0 Å². The summed E-state index contributed by atoms with van der Waals surface area (Å²) in [6.45, 7) is 2.12. The molecule has 356 valence electrons. The van der Waals surface area contributed by atoms with Gasteiger partial charge in [0.05, 0.1) is 12.1 Å². The van der Waals surface area contributed by atoms with Crippen LogP contribution in [0.4, 0.5) is 0 Å². The molecule has 0 spiro atoms. The highest BCUT2D eigenvalue weighted by atomic mass is 15.3. The molecule has 14 atom stereocenters. The Kier molecular flexibility index (Phi) is 11.0. The van der Waals surface area contributed by atoms with Crippen LogP contribution in [-0.4, -0.2) is 58.0 Å². The van der Waals surface area contributed by atoms with Crippen molar-refractivity contribution in [1.29, 1.82) is 0 Å². The number of allylic oxidation sites excluding steroid dienone is 23. The Balaban J connectivity index is 0.799. The zero-order valence-electron chi connectivity index (χ0n) is 40.9. The van der Waals surface area contributed by atoms with E-state index in [0.29, 0.717) is 77.6 Å². The number of hydrogen-bond donors (Lipinski definition) is 2. The molecule has 0 radical (unpaired) electrons. The number of nitrogens with one attached hydrogen (secondary N) is 1. The number of nitrogens with two attached hydrogens (primary N) is 1. The van der Waals surface area contributed by atoms with Crippen molar-refractivity contribution in [3.05, 3.63) is 190 Å². The van der Waals surface area contributed by atoms with Crippen molar-refractivity contribution in [3.8, 4) is 0 Å². The highest BCUT2D eigenvalue weighted by Gasteiger charge is 2.53. The van der Waals surface area contributed by atoms with E-state index in [0.717, 1.165) is 19.0 Å². The normalized spacial score (nSPS) is 40.4. The van der Waals surface area contributed by atoms with Crippen LogP contribution in [0.15, 0.2) is 190 Å². The lowest BCUT2D eigenvalue weighted by atomic mass is 9.65. The van der Waals surface area contributed by atoms with E-state index in [1.54, 1.807) is 56.6 Å². The van der Waals surface area contributed by atoms with Crippen LogP contribution in [0.3, 0.4) is 0 Å². The smallest absolute Gasteiger partial charge is 0.102 e. The summed E-state index contributed by atoms with van der Waals surface area (Å²) in [6, 6.07) is 2.77. The van der Waals surface area contributed by atoms with E-state index in [2.05, 4.69) is 142 Å². The zero-order valence-corrected chi connectivity index (χ0v) is 40.9. The molecule has 0 amide bonds. The van der Waals surface area contributed by atoms with E-state index in [1.807, 2.05) is 6.08 Å². The van der Waals surface area contributed by atoms with Crippen LogP contribution in [0, 0.1) is 53.3 Å². The van der Waals surface area contributed by atoms with Crippen molar-refractivity contribution in [1.82, 2.24) is 20.0 Å². The Bertz CT molecular complexity index is 2640. The van der Waals surface area contributed by atoms with E-state index >= 15 is 0 Å². The lowest BCUT2D eigenvalue weighted by Crippen LogP contribution is -2.41. The first-order valence-electron chi connectivity index (χ1n) is 28.0. The molecule has 5 heteroatoms. The highest BCUT2D eigenvalue weighted by molar-refractivity contribution is 5.59. The Morgan fingerprint density at radius 1 is 0.710 bits per heavy atom. The minimum absolute atomic E-state index is 0.438. The number of rotatable bonds is 7. The number of fused-ring (bicyclic) bond motifs is 12. The predicted octanol–water partition coefficient (Wildman–Crippen LogP) is 12.7. The molecule has 0 aromatic heterocycles. The molecular weight excluding hydrogens is 839 g/mol. The van der Waals surface area contributed by atoms with Gasteiger partial charge in [0.1, 0.15) is 5.82 Å². The number of hydrogen-bond acceptors (Lipinski definition) is 5. The summed E-state index contributed by atoms with van der Waals surface area (Å²) in [7, 11) is 0. The third kappa shape index (κ3) is 7.08. The maximum Gasteiger partial charge on any atom is 0.102 e. The van der Waals surface area contributed by atoms with Crippen molar-refractivity contribution >= 4 is 0 Å². The first-order chi connectivity index (χ1) is 34.2. The Labute approximate surface area is 413 Å². The van der Waals surface area contributed by atoms with Crippen molar-refractivity contribution in [3.63, 3.8) is 0 Å². The summed E-state index contributed by atoms with van der Waals surface area (Å²) in [5.41, 5.74) is 20.7. The second kappa shape index (κ2) is 17.7. The predicted molar refractivity (Wildman–Crippen MR) is 282 cm³/mol. The first kappa shape index (κ1) is 42.8. The molecule has 69 heavy (non-hydrogen) atoms. The number of nitrogens with zero attached hydrogens (tertiary/aromatic N) is 3. The SMILES string of the molecule is N/C=C\C=C/CN1C2CCC=CC2C2CC=C(C3C=CC4C(C3)C3=CC(C5C=CC6=C(C5)N(C5=CCCCN5)C5CCC=CC65)CCC3N4C3=CC4=C(CC3)C3=C(C=CCC3)C3C=CC=CC43)CC21. The summed E-state index contributed by atoms with van der Waals surface area (Å²) < 4.78 is 0. The average molecular weight is 914 g/mol. The summed E-state index contributed by atoms with van der Waals surface area (Å²) in [5, 5.41) is 3.88. The first-order valence-corrected chi connectivity index (χ1v) is 28.0. The van der Waals surface area contributed by atoms with Crippen LogP contribution in [-0.2, 0) is 0 Å². The molecule has 14 aliphatic rings. The second-order valence-electron chi connectivity index (χ2n) is 23.3. The van der Waals surface area contributed by atoms with Gasteiger partial charge in [0, 0.05) is 66.3 Å². The minimum Gasteiger partial charge on any atom is -0.405 e. The summed E-state index contributed by atoms with van der Waals surface area (Å²) in [6.07, 6.45) is 74.1. The fourth-order valence-electron chi connectivity index (χ4n) is 17.2. The monoisotopic (exact) mass is 914 g/mol. The molecule has 14 unspecified atom stereocenters. The highest BCUT2D eigenvalue weighted by Crippen LogP contribution is 2.57. The minimum atomic E-state index is 0.438. The van der Waals surface area contributed by atoms with Gasteiger partial charge < -0.3 is 20.9 Å². The van der Waals surface area contributed by atoms with Gasteiger partial charge >= 0.3 is 0 Å². The molecule has 0 aromatic carbocycles. The summed E-state index contributed by atoms with van der Waals surface area (Å²) in [4.78, 5) is 8.75. The van der Waals surface area contributed by atoms with Gasteiger partial charge in [-0.3, -0.25) is 4.90 Å². The molecule has 2 saturated heterocycles. The van der Waals surface area contributed by atoms with Crippen LogP contribution < -0.4 is 11.1 Å². The number of likely N-dealkylation sites (tertiary alicyclic amines) is 2. The third-order valence-electron chi connectivity index (χ3n) is 20.2. The molecular formula is C64H75N5. The van der Waals surface area contributed by atoms with Gasteiger partial charge in [0.2, 0.25) is 0 Å². The van der Waals surface area contributed by atoms with Crippen molar-refractivity contribution in [2.75, 3.05) is 13.1 Å². The van der Waals surface area contributed by atoms with Gasteiger partial charge in [0.15, 0.2) is 0 Å². The van der Waals surface area contributed by atoms with E-state index in [-0.39, 0.29) is 0 Å². The van der Waals surface area contributed by atoms with E-state index in [9.17, 15) is 0 Å². The fourth-order valence-corrected chi connectivity index (χ4v) is 17.2. The van der Waals surface area contributed by atoms with Crippen LogP contribution in [0.5, 0.6) is 0 Å². The molecule has 4 aliphatic heterocycles. The average Bonchev–Trinajstić information content (AvgIpc) is 4.04. The standard InChI is InChI=1S/C64H75N5/c65-33-11-1-13-35-67-58-20-8-6-18-51(58)53-28-23-43(38-62(53)67)41-25-31-60-56(36-41)57-37-42(44-24-29-54-52-19-7-9-21-59(52)69(63(54)39-44)64-22-10-12-34-66-64)26-32-61(57)68(60)45-27-30-50-48-16-3-2-14-46(48)47-15-4-5-17-49(47)55(50)40-45/h1-2,4-7,11,13-15,17-19,22-25,29,31,33,37,40-42,44,47,49,51-53,56,58-62,66H,3,8-10,12,16,20-21,26-28,30,32,34-36,38-39,65H2/b13-1-,33-11-. The van der Waals surface area contributed by atoms with Gasteiger partial charge in [-0.15, -0.1) is 0 Å². The third-order valence-corrected chi connectivity index (χ3v) is 20.2. The van der Waals surface area contributed by atoms with Gasteiger partial charge in [-0.05, 0) is 190 Å². The molecule has 14 rings (SSSR count). The molecule has 0 bridgehead atoms. The molecule has 2 fully saturated rings. The van der Waals surface area contributed by atoms with Crippen molar-refractivity contribution in [2.24, 2.45) is 59.0 Å². The van der Waals surface area contributed by atoms with Crippen LogP contribution in [0.2, 0.25) is 0 Å². The Hall–Kier alpha value is -5.00. The Morgan fingerprint density at radius 2 is 1.59 bits per heavy atom. The van der Waals surface area contributed by atoms with Gasteiger partial charge in [-0.1, -0.05) is 115 Å². The lowest BCUT2D eigenvalue weighted by molar-refractivity contribution is 0.180. The fraction of sp³-hybridized carbons (Fsp3) is 0.500. The largest absolute Gasteiger partial charge is 0.405 e.